The molecule has 56 valence electrons. The number of hydrogen-bond acceptors (Lipinski definition) is 4. The molecule has 0 spiro atoms. The number of thiocyanates is 2. The van der Waals surface area contributed by atoms with Crippen molar-refractivity contribution in [1.29, 1.82) is 10.5 Å². The van der Waals surface area contributed by atoms with Gasteiger partial charge in [0.05, 0.1) is 0 Å². The van der Waals surface area contributed by atoms with E-state index in [1.165, 1.54) is 10.8 Å². The maximum Gasteiger partial charge on any atom is 1.00 e. The number of nitrogens with zero attached hydrogens (tertiary/aromatic N) is 2. The molecule has 11 heavy (non-hydrogen) atoms. The summed E-state index contributed by atoms with van der Waals surface area (Å²) in [6.45, 7) is 0. The summed E-state index contributed by atoms with van der Waals surface area (Å²) < 4.78 is 0. The predicted molar refractivity (Wildman–Crippen MR) is 41.3 cm³/mol. The topological polar surface area (TPSA) is 125 Å². The molecule has 0 bridgehead atoms. The van der Waals surface area contributed by atoms with Crippen LogP contribution in [0, 0.1) is 21.3 Å². The summed E-state index contributed by atoms with van der Waals surface area (Å²) in [7, 11) is 0. The fourth-order valence-corrected chi connectivity index (χ4v) is 0. The van der Waals surface area contributed by atoms with E-state index in [4.69, 9.17) is 10.5 Å². The second kappa shape index (κ2) is 31.7. The SMILES string of the molecule is N#C[S-].N#C[S-].NC(N)=[NH2+].[K+]. The minimum Gasteiger partial charge on any atom is -0.696 e. The summed E-state index contributed by atoms with van der Waals surface area (Å²) in [5.41, 5.74) is 9.17. The summed E-state index contributed by atoms with van der Waals surface area (Å²) in [6, 6.07) is 0. The Labute approximate surface area is 119 Å². The van der Waals surface area contributed by atoms with Crippen LogP contribution in [-0.2, 0) is 25.3 Å². The monoisotopic (exact) mass is 215 g/mol. The smallest absolute Gasteiger partial charge is 0.696 e. The van der Waals surface area contributed by atoms with Gasteiger partial charge in [-0.15, -0.1) is 0 Å². The standard InChI is InChI=1S/CH5N3.2CHNS.K/c2-1(3)4;2*2-1-3;/h(H5,2,3,4);2*3H;/q;;;+1/p-1. The van der Waals surface area contributed by atoms with E-state index in [1.807, 2.05) is 0 Å². The molecule has 8 heteroatoms. The number of nitrogens with two attached hydrogens (primary N) is 3. The molecule has 0 aromatic rings. The summed E-state index contributed by atoms with van der Waals surface area (Å²) in [5.74, 6) is -0.0833. The van der Waals surface area contributed by atoms with Crippen molar-refractivity contribution in [1.82, 2.24) is 0 Å². The van der Waals surface area contributed by atoms with E-state index < -0.39 is 0 Å². The van der Waals surface area contributed by atoms with Gasteiger partial charge in [0.2, 0.25) is 0 Å². The van der Waals surface area contributed by atoms with E-state index in [1.54, 1.807) is 0 Å². The van der Waals surface area contributed by atoms with Gasteiger partial charge in [-0.2, -0.15) is 0 Å². The van der Waals surface area contributed by atoms with E-state index >= 15 is 0 Å². The zero-order valence-corrected chi connectivity index (χ0v) is 10.7. The molecule has 0 unspecified atom stereocenters. The minimum absolute atomic E-state index is 0. The Bertz CT molecular complexity index is 131. The molecule has 0 fully saturated rings. The van der Waals surface area contributed by atoms with Crippen molar-refractivity contribution in [2.45, 2.75) is 0 Å². The fraction of sp³-hybridized carbons (Fsp3) is 0. The molecule has 5 nitrogen and oxygen atoms in total. The molecule has 6 N–H and O–H groups in total. The molecule has 0 heterocycles. The van der Waals surface area contributed by atoms with E-state index in [9.17, 15) is 0 Å². The number of hydrogen-bond donors (Lipinski definition) is 3. The molecule has 0 rings (SSSR count). The fourth-order valence-electron chi connectivity index (χ4n) is 0. The first-order valence-electron chi connectivity index (χ1n) is 1.72. The number of rotatable bonds is 0. The largest absolute Gasteiger partial charge is 1.00 e. The van der Waals surface area contributed by atoms with Crippen LogP contribution in [0.2, 0.25) is 0 Å². The van der Waals surface area contributed by atoms with Crippen LogP contribution in [0.1, 0.15) is 0 Å². The molecule has 0 aliphatic carbocycles. The molecule has 0 saturated heterocycles. The van der Waals surface area contributed by atoms with Gasteiger partial charge >= 0.3 is 57.3 Å². The van der Waals surface area contributed by atoms with E-state index in [2.05, 4.69) is 42.1 Å². The molecule has 0 aliphatic heterocycles. The Morgan fingerprint density at radius 2 is 1.18 bits per heavy atom. The average molecular weight is 215 g/mol. The second-order valence-corrected chi connectivity index (χ2v) is 1.05. The van der Waals surface area contributed by atoms with Gasteiger partial charge in [0, 0.05) is 0 Å². The number of nitriles is 2. The predicted octanol–water partition coefficient (Wildman–Crippen LogP) is -5.95. The maximum atomic E-state index is 7.13. The molecule has 0 amide bonds. The third kappa shape index (κ3) is 6720. The normalized spacial score (nSPS) is 3.45. The Morgan fingerprint density at radius 3 is 1.18 bits per heavy atom. The van der Waals surface area contributed by atoms with Crippen LogP contribution in [0.5, 0.6) is 0 Å². The average Bonchev–Trinajstić information content (AvgIpc) is 1.65. The summed E-state index contributed by atoms with van der Waals surface area (Å²) >= 11 is 7.40. The van der Waals surface area contributed by atoms with Crippen molar-refractivity contribution in [2.24, 2.45) is 11.5 Å². The summed E-state index contributed by atoms with van der Waals surface area (Å²) in [5, 5.41) is 21.5. The van der Waals surface area contributed by atoms with Crippen LogP contribution in [0.3, 0.4) is 0 Å². The zero-order valence-electron chi connectivity index (χ0n) is 5.94. The first-order valence-corrected chi connectivity index (χ1v) is 2.54. The Balaban J connectivity index is -0.0000000325. The van der Waals surface area contributed by atoms with E-state index in [0.717, 1.165) is 0 Å². The van der Waals surface area contributed by atoms with E-state index in [0.29, 0.717) is 0 Å². The van der Waals surface area contributed by atoms with Crippen LogP contribution in [0.15, 0.2) is 0 Å². The maximum absolute atomic E-state index is 7.13. The summed E-state index contributed by atoms with van der Waals surface area (Å²) in [4.78, 5) is 0. The third-order valence-corrected chi connectivity index (χ3v) is 0. The van der Waals surface area contributed by atoms with Gasteiger partial charge in [-0.1, -0.05) is 10.8 Å². The van der Waals surface area contributed by atoms with Crippen molar-refractivity contribution < 1.29 is 56.8 Å². The van der Waals surface area contributed by atoms with Crippen molar-refractivity contribution in [3.05, 3.63) is 0 Å². The molecule has 0 saturated carbocycles. The van der Waals surface area contributed by atoms with Crippen LogP contribution in [-0.4, -0.2) is 5.96 Å². The Kier molecular flexibility index (Phi) is 64.8. The van der Waals surface area contributed by atoms with Crippen molar-refractivity contribution in [2.75, 3.05) is 0 Å². The van der Waals surface area contributed by atoms with Crippen molar-refractivity contribution in [3.8, 4) is 10.8 Å². The Hall–Kier alpha value is 0.326. The Morgan fingerprint density at radius 1 is 1.18 bits per heavy atom. The molecule has 0 aromatic heterocycles. The summed E-state index contributed by atoms with van der Waals surface area (Å²) in [6.07, 6.45) is 0. The van der Waals surface area contributed by atoms with Gasteiger partial charge in [0.15, 0.2) is 0 Å². The van der Waals surface area contributed by atoms with Crippen LogP contribution in [0.25, 0.3) is 0 Å². The molecular formula is C3H6KN5S2. The quantitative estimate of drug-likeness (QED) is 0.121. The second-order valence-electron chi connectivity index (χ2n) is 0.683. The molecule has 0 atom stereocenters. The van der Waals surface area contributed by atoms with Gasteiger partial charge in [-0.05, 0) is 0 Å². The van der Waals surface area contributed by atoms with Crippen molar-refractivity contribution in [3.63, 3.8) is 0 Å². The van der Waals surface area contributed by atoms with Gasteiger partial charge in [0.1, 0.15) is 0 Å². The zero-order chi connectivity index (χ0) is 8.99. The third-order valence-electron chi connectivity index (χ3n) is 0. The molecular weight excluding hydrogens is 209 g/mol. The first kappa shape index (κ1) is 22.5. The van der Waals surface area contributed by atoms with Gasteiger partial charge in [0.25, 0.3) is 0 Å². The van der Waals surface area contributed by atoms with Crippen molar-refractivity contribution >= 4 is 31.2 Å². The van der Waals surface area contributed by atoms with Crippen LogP contribution < -0.4 is 68.3 Å². The minimum atomic E-state index is -0.0833. The van der Waals surface area contributed by atoms with Gasteiger partial charge in [-0.25, -0.2) is 10.5 Å². The first-order chi connectivity index (χ1) is 4.56. The molecule has 0 radical (unpaired) electrons. The number of guanidine groups is 1. The molecule has 0 aromatic carbocycles. The molecule has 0 aliphatic rings. The van der Waals surface area contributed by atoms with Crippen LogP contribution >= 0.6 is 0 Å². The van der Waals surface area contributed by atoms with Gasteiger partial charge < -0.3 is 25.3 Å². The van der Waals surface area contributed by atoms with E-state index in [-0.39, 0.29) is 57.3 Å². The van der Waals surface area contributed by atoms with Gasteiger partial charge in [-0.3, -0.25) is 16.9 Å². The van der Waals surface area contributed by atoms with Crippen LogP contribution in [0.4, 0.5) is 0 Å².